The Kier molecular flexibility index (Phi) is 4.96. The Bertz CT molecular complexity index is 1140. The molecular formula is C21H24F6N8O. The number of carbonyl (C=O) groups excluding carboxylic acids is 1. The number of aromatic nitrogens is 5. The first-order chi connectivity index (χ1) is 16.8. The van der Waals surface area contributed by atoms with Crippen LogP contribution in [-0.2, 0) is 19.3 Å². The van der Waals surface area contributed by atoms with Crippen LogP contribution < -0.4 is 0 Å². The Morgan fingerprint density at radius 1 is 0.972 bits per heavy atom. The summed E-state index contributed by atoms with van der Waals surface area (Å²) in [6.45, 7) is 3.13. The fraction of sp³-hybridized carbons (Fsp3) is 0.714. The Hall–Kier alpha value is -2.84. The van der Waals surface area contributed by atoms with E-state index in [1.807, 2.05) is 0 Å². The maximum Gasteiger partial charge on any atom is 0.453 e. The van der Waals surface area contributed by atoms with Crippen molar-refractivity contribution in [2.24, 2.45) is 10.8 Å². The Morgan fingerprint density at radius 2 is 1.61 bits per heavy atom. The molecule has 0 aromatic carbocycles. The SMILES string of the molecule is O=C(N1CC2(CC(n3cnc(C(F)(F)F)n3)C2)C1)N1CC2(CN(Cc3ccnn3CC(F)(F)F)C2)C1. The van der Waals surface area contributed by atoms with Gasteiger partial charge in [0.2, 0.25) is 0 Å². The van der Waals surface area contributed by atoms with Crippen molar-refractivity contribution in [3.05, 3.63) is 30.1 Å². The molecule has 2 aromatic rings. The quantitative estimate of drug-likeness (QED) is 0.582. The van der Waals surface area contributed by atoms with Crippen LogP contribution in [-0.4, -0.2) is 90.7 Å². The molecule has 4 aliphatic rings. The number of rotatable bonds is 4. The highest BCUT2D eigenvalue weighted by Gasteiger charge is 2.58. The van der Waals surface area contributed by atoms with Gasteiger partial charge in [-0.3, -0.25) is 9.58 Å². The highest BCUT2D eigenvalue weighted by molar-refractivity contribution is 5.77. The molecule has 2 spiro atoms. The molecule has 2 aromatic heterocycles. The van der Waals surface area contributed by atoms with Gasteiger partial charge in [0.1, 0.15) is 12.9 Å². The Morgan fingerprint density at radius 3 is 2.19 bits per heavy atom. The monoisotopic (exact) mass is 518 g/mol. The lowest BCUT2D eigenvalue weighted by molar-refractivity contribution is -0.146. The van der Waals surface area contributed by atoms with Crippen LogP contribution in [0.25, 0.3) is 0 Å². The molecule has 2 amide bonds. The molecule has 0 radical (unpaired) electrons. The molecule has 0 bridgehead atoms. The van der Waals surface area contributed by atoms with Crippen molar-refractivity contribution < 1.29 is 31.1 Å². The first-order valence-electron chi connectivity index (χ1n) is 11.6. The molecule has 0 unspecified atom stereocenters. The van der Waals surface area contributed by atoms with Gasteiger partial charge in [-0.1, -0.05) is 0 Å². The van der Waals surface area contributed by atoms with Crippen LogP contribution in [0.2, 0.25) is 0 Å². The van der Waals surface area contributed by atoms with Gasteiger partial charge in [0.25, 0.3) is 5.82 Å². The van der Waals surface area contributed by atoms with Gasteiger partial charge >= 0.3 is 18.4 Å². The smallest absolute Gasteiger partial charge is 0.323 e. The summed E-state index contributed by atoms with van der Waals surface area (Å²) in [4.78, 5) is 21.8. The summed E-state index contributed by atoms with van der Waals surface area (Å²) in [5.74, 6) is -1.14. The van der Waals surface area contributed by atoms with Crippen LogP contribution in [0.1, 0.15) is 30.4 Å². The highest BCUT2D eigenvalue weighted by Crippen LogP contribution is 2.54. The number of amides is 2. The number of alkyl halides is 6. The second kappa shape index (κ2) is 7.59. The van der Waals surface area contributed by atoms with Crippen molar-refractivity contribution in [2.45, 2.75) is 44.3 Å². The zero-order chi connectivity index (χ0) is 25.5. The molecule has 1 aliphatic carbocycles. The zero-order valence-electron chi connectivity index (χ0n) is 19.1. The zero-order valence-corrected chi connectivity index (χ0v) is 19.1. The molecule has 6 rings (SSSR count). The summed E-state index contributed by atoms with van der Waals surface area (Å²) in [7, 11) is 0. The predicted molar refractivity (Wildman–Crippen MR) is 110 cm³/mol. The van der Waals surface area contributed by atoms with Crippen molar-refractivity contribution in [1.82, 2.24) is 39.2 Å². The van der Waals surface area contributed by atoms with Crippen molar-refractivity contribution in [2.75, 3.05) is 39.3 Å². The minimum Gasteiger partial charge on any atom is -0.323 e. The number of nitrogens with zero attached hydrogens (tertiary/aromatic N) is 8. The standard InChI is InChI=1S/C21H24F6N8O/c22-20(23,24)12-34-14(1-2-29-34)5-31-6-19(7-31)10-33(11-19)17(36)32-8-18(9-32)3-15(4-18)35-13-28-16(30-35)21(25,26)27/h1-2,13,15H,3-12H2. The first-order valence-corrected chi connectivity index (χ1v) is 11.6. The van der Waals surface area contributed by atoms with Gasteiger partial charge in [0.15, 0.2) is 0 Å². The number of carbonyl (C=O) groups is 1. The van der Waals surface area contributed by atoms with E-state index < -0.39 is 24.7 Å². The summed E-state index contributed by atoms with van der Waals surface area (Å²) < 4.78 is 78.4. The summed E-state index contributed by atoms with van der Waals surface area (Å²) in [5, 5.41) is 7.32. The van der Waals surface area contributed by atoms with Crippen molar-refractivity contribution in [1.29, 1.82) is 0 Å². The predicted octanol–water partition coefficient (Wildman–Crippen LogP) is 2.63. The van der Waals surface area contributed by atoms with Crippen LogP contribution in [0.15, 0.2) is 18.6 Å². The molecule has 0 N–H and O–H groups in total. The summed E-state index contributed by atoms with van der Waals surface area (Å²) >= 11 is 0. The van der Waals surface area contributed by atoms with E-state index in [4.69, 9.17) is 0 Å². The average Bonchev–Trinajstić information content (AvgIpc) is 3.28. The van der Waals surface area contributed by atoms with E-state index in [-0.39, 0.29) is 22.9 Å². The van der Waals surface area contributed by atoms with Crippen molar-refractivity contribution >= 4 is 6.03 Å². The lowest BCUT2D eigenvalue weighted by Crippen LogP contribution is -2.75. The van der Waals surface area contributed by atoms with E-state index in [2.05, 4.69) is 20.1 Å². The highest BCUT2D eigenvalue weighted by atomic mass is 19.4. The number of urea groups is 1. The number of likely N-dealkylation sites (tertiary alicyclic amines) is 3. The maximum absolute atomic E-state index is 12.8. The molecular weight excluding hydrogens is 494 g/mol. The van der Waals surface area contributed by atoms with Crippen LogP contribution >= 0.6 is 0 Å². The van der Waals surface area contributed by atoms with E-state index in [1.165, 1.54) is 10.9 Å². The Labute approximate surface area is 201 Å². The minimum absolute atomic E-state index is 0.00204. The molecule has 9 nitrogen and oxygen atoms in total. The average molecular weight is 518 g/mol. The van der Waals surface area contributed by atoms with Crippen LogP contribution in [0.4, 0.5) is 31.1 Å². The summed E-state index contributed by atoms with van der Waals surface area (Å²) in [6, 6.07) is 1.43. The number of halogens is 6. The van der Waals surface area contributed by atoms with Crippen LogP contribution in [0.3, 0.4) is 0 Å². The Balaban J connectivity index is 0.928. The van der Waals surface area contributed by atoms with E-state index in [1.54, 1.807) is 15.9 Å². The third-order valence-corrected chi connectivity index (χ3v) is 7.76. The molecule has 1 saturated carbocycles. The molecule has 3 saturated heterocycles. The van der Waals surface area contributed by atoms with Gasteiger partial charge in [-0.15, -0.1) is 5.10 Å². The molecule has 0 atom stereocenters. The van der Waals surface area contributed by atoms with E-state index in [0.29, 0.717) is 51.3 Å². The van der Waals surface area contributed by atoms with Crippen LogP contribution in [0, 0.1) is 10.8 Å². The molecule has 5 heterocycles. The second-order valence-electron chi connectivity index (χ2n) is 10.8. The first kappa shape index (κ1) is 23.6. The second-order valence-corrected chi connectivity index (χ2v) is 10.8. The molecule has 3 aliphatic heterocycles. The fourth-order valence-corrected chi connectivity index (χ4v) is 6.21. The van der Waals surface area contributed by atoms with Gasteiger partial charge in [-0.25, -0.2) is 14.5 Å². The normalized spacial score (nSPS) is 23.4. The number of hydrogen-bond donors (Lipinski definition) is 0. The van der Waals surface area contributed by atoms with E-state index in [0.717, 1.165) is 24.1 Å². The maximum atomic E-state index is 12.8. The molecule has 36 heavy (non-hydrogen) atoms. The van der Waals surface area contributed by atoms with E-state index in [9.17, 15) is 31.1 Å². The topological polar surface area (TPSA) is 75.3 Å². The van der Waals surface area contributed by atoms with Gasteiger partial charge < -0.3 is 9.80 Å². The van der Waals surface area contributed by atoms with Crippen molar-refractivity contribution in [3.8, 4) is 0 Å². The lowest BCUT2D eigenvalue weighted by Gasteiger charge is -2.63. The summed E-state index contributed by atoms with van der Waals surface area (Å²) in [5.41, 5.74) is 0.456. The van der Waals surface area contributed by atoms with Gasteiger partial charge in [-0.2, -0.15) is 31.4 Å². The third kappa shape index (κ3) is 4.10. The third-order valence-electron chi connectivity index (χ3n) is 7.76. The van der Waals surface area contributed by atoms with Gasteiger partial charge in [-0.05, 0) is 18.9 Å². The molecule has 15 heteroatoms. The van der Waals surface area contributed by atoms with Crippen LogP contribution in [0.5, 0.6) is 0 Å². The summed E-state index contributed by atoms with van der Waals surface area (Å²) in [6.07, 6.45) is -5.06. The molecule has 196 valence electrons. The largest absolute Gasteiger partial charge is 0.453 e. The van der Waals surface area contributed by atoms with E-state index >= 15 is 0 Å². The lowest BCUT2D eigenvalue weighted by atomic mass is 9.60. The fourth-order valence-electron chi connectivity index (χ4n) is 6.21. The molecule has 4 fully saturated rings. The number of hydrogen-bond acceptors (Lipinski definition) is 5. The van der Waals surface area contributed by atoms with Crippen molar-refractivity contribution in [3.63, 3.8) is 0 Å². The van der Waals surface area contributed by atoms with Gasteiger partial charge in [0.05, 0.1) is 11.7 Å². The van der Waals surface area contributed by atoms with Gasteiger partial charge in [0, 0.05) is 62.8 Å². The minimum atomic E-state index is -4.56.